The van der Waals surface area contributed by atoms with Gasteiger partial charge in [0.25, 0.3) is 0 Å². The van der Waals surface area contributed by atoms with E-state index in [2.05, 4.69) is 15.3 Å². The monoisotopic (exact) mass is 359 g/mol. The van der Waals surface area contributed by atoms with E-state index in [1.807, 2.05) is 4.90 Å². The Kier molecular flexibility index (Phi) is 5.83. The fraction of sp³-hybridized carbons (Fsp3) is 0.389. The number of halogens is 1. The average molecular weight is 359 g/mol. The van der Waals surface area contributed by atoms with Crippen LogP contribution in [0.25, 0.3) is 0 Å². The van der Waals surface area contributed by atoms with Crippen molar-refractivity contribution in [3.8, 4) is 0 Å². The summed E-state index contributed by atoms with van der Waals surface area (Å²) in [4.78, 5) is 24.3. The number of rotatable bonds is 5. The predicted molar refractivity (Wildman–Crippen MR) is 96.6 cm³/mol. The van der Waals surface area contributed by atoms with E-state index < -0.39 is 0 Å². The number of nitrogens with one attached hydrogen (secondary N) is 1. The Bertz CT molecular complexity index is 733. The standard InChI is InChI=1S/C18H22FN5O2/c1-2-26-18(25)24-11-9-23(10-12-24)17-20-8-7-16(22-17)21-13-14-3-5-15(19)6-4-14/h3-8H,2,9-13H2,1H3,(H,20,21,22). The summed E-state index contributed by atoms with van der Waals surface area (Å²) in [5.74, 6) is 1.07. The maximum atomic E-state index is 13.0. The number of ether oxygens (including phenoxy) is 1. The highest BCUT2D eigenvalue weighted by molar-refractivity contribution is 5.68. The minimum absolute atomic E-state index is 0.250. The van der Waals surface area contributed by atoms with Gasteiger partial charge in [-0.1, -0.05) is 12.1 Å². The van der Waals surface area contributed by atoms with E-state index >= 15 is 0 Å². The molecule has 0 radical (unpaired) electrons. The van der Waals surface area contributed by atoms with E-state index in [9.17, 15) is 9.18 Å². The summed E-state index contributed by atoms with van der Waals surface area (Å²) in [6.07, 6.45) is 1.43. The molecule has 2 aromatic rings. The first-order valence-electron chi connectivity index (χ1n) is 8.63. The number of carbonyl (C=O) groups excluding carboxylic acids is 1. The van der Waals surface area contributed by atoms with Crippen LogP contribution >= 0.6 is 0 Å². The number of aromatic nitrogens is 2. The number of benzene rings is 1. The van der Waals surface area contributed by atoms with E-state index in [4.69, 9.17) is 4.74 Å². The third-order valence-corrected chi connectivity index (χ3v) is 4.12. The summed E-state index contributed by atoms with van der Waals surface area (Å²) in [6.45, 7) is 5.19. The molecule has 8 heteroatoms. The van der Waals surface area contributed by atoms with Crippen molar-refractivity contribution in [2.45, 2.75) is 13.5 Å². The summed E-state index contributed by atoms with van der Waals surface area (Å²) >= 11 is 0. The number of hydrogen-bond acceptors (Lipinski definition) is 6. The summed E-state index contributed by atoms with van der Waals surface area (Å²) in [7, 11) is 0. The number of anilines is 2. The molecule has 0 saturated carbocycles. The van der Waals surface area contributed by atoms with Crippen LogP contribution in [0.4, 0.5) is 21.0 Å². The van der Waals surface area contributed by atoms with Crippen molar-refractivity contribution >= 4 is 17.9 Å². The van der Waals surface area contributed by atoms with Crippen molar-refractivity contribution in [1.82, 2.24) is 14.9 Å². The van der Waals surface area contributed by atoms with Crippen LogP contribution in [0.5, 0.6) is 0 Å². The zero-order valence-corrected chi connectivity index (χ0v) is 14.7. The topological polar surface area (TPSA) is 70.6 Å². The van der Waals surface area contributed by atoms with Gasteiger partial charge in [0.1, 0.15) is 11.6 Å². The molecular formula is C18H22FN5O2. The minimum Gasteiger partial charge on any atom is -0.450 e. The quantitative estimate of drug-likeness (QED) is 0.885. The van der Waals surface area contributed by atoms with E-state index in [1.54, 1.807) is 36.2 Å². The Morgan fingerprint density at radius 3 is 2.62 bits per heavy atom. The van der Waals surface area contributed by atoms with Crippen LogP contribution < -0.4 is 10.2 Å². The molecule has 1 amide bonds. The molecule has 0 atom stereocenters. The van der Waals surface area contributed by atoms with Crippen molar-refractivity contribution in [3.63, 3.8) is 0 Å². The van der Waals surface area contributed by atoms with E-state index in [-0.39, 0.29) is 11.9 Å². The summed E-state index contributed by atoms with van der Waals surface area (Å²) in [6, 6.07) is 8.14. The van der Waals surface area contributed by atoms with E-state index in [1.165, 1.54) is 12.1 Å². The largest absolute Gasteiger partial charge is 0.450 e. The van der Waals surface area contributed by atoms with Gasteiger partial charge in [0.2, 0.25) is 5.95 Å². The number of amides is 1. The van der Waals surface area contributed by atoms with E-state index in [0.29, 0.717) is 51.1 Å². The SMILES string of the molecule is CCOC(=O)N1CCN(c2nccc(NCc3ccc(F)cc3)n2)CC1. The Morgan fingerprint density at radius 2 is 1.92 bits per heavy atom. The maximum Gasteiger partial charge on any atom is 0.409 e. The van der Waals surface area contributed by atoms with Crippen LogP contribution in [0.15, 0.2) is 36.5 Å². The van der Waals surface area contributed by atoms with Crippen molar-refractivity contribution in [3.05, 3.63) is 47.9 Å². The zero-order valence-electron chi connectivity index (χ0n) is 14.7. The normalized spacial score (nSPS) is 14.2. The average Bonchev–Trinajstić information content (AvgIpc) is 2.68. The highest BCUT2D eigenvalue weighted by atomic mass is 19.1. The van der Waals surface area contributed by atoms with Gasteiger partial charge in [-0.2, -0.15) is 4.98 Å². The third kappa shape index (κ3) is 4.59. The Morgan fingerprint density at radius 1 is 1.19 bits per heavy atom. The third-order valence-electron chi connectivity index (χ3n) is 4.12. The van der Waals surface area contributed by atoms with Crippen LogP contribution in [0.3, 0.4) is 0 Å². The first-order valence-corrected chi connectivity index (χ1v) is 8.63. The second-order valence-corrected chi connectivity index (χ2v) is 5.89. The fourth-order valence-electron chi connectivity index (χ4n) is 2.70. The molecule has 0 aliphatic carbocycles. The number of piperazine rings is 1. The van der Waals surface area contributed by atoms with Gasteiger partial charge >= 0.3 is 6.09 Å². The molecule has 1 fully saturated rings. The number of hydrogen-bond donors (Lipinski definition) is 1. The van der Waals surface area contributed by atoms with Gasteiger partial charge in [0.05, 0.1) is 6.61 Å². The molecular weight excluding hydrogens is 337 g/mol. The number of nitrogens with zero attached hydrogens (tertiary/aromatic N) is 4. The van der Waals surface area contributed by atoms with Crippen molar-refractivity contribution in [2.24, 2.45) is 0 Å². The smallest absolute Gasteiger partial charge is 0.409 e. The van der Waals surface area contributed by atoms with Crippen molar-refractivity contribution in [2.75, 3.05) is 43.0 Å². The lowest BCUT2D eigenvalue weighted by atomic mass is 10.2. The lowest BCUT2D eigenvalue weighted by Gasteiger charge is -2.34. The van der Waals surface area contributed by atoms with Gasteiger partial charge < -0.3 is 19.9 Å². The van der Waals surface area contributed by atoms with Crippen LogP contribution in [0.2, 0.25) is 0 Å². The molecule has 0 bridgehead atoms. The molecule has 1 aliphatic rings. The van der Waals surface area contributed by atoms with Gasteiger partial charge in [-0.3, -0.25) is 0 Å². The summed E-state index contributed by atoms with van der Waals surface area (Å²) in [5, 5.41) is 3.22. The molecule has 7 nitrogen and oxygen atoms in total. The lowest BCUT2D eigenvalue weighted by molar-refractivity contribution is 0.105. The van der Waals surface area contributed by atoms with Crippen LogP contribution in [-0.2, 0) is 11.3 Å². The van der Waals surface area contributed by atoms with Crippen LogP contribution in [0.1, 0.15) is 12.5 Å². The van der Waals surface area contributed by atoms with Crippen molar-refractivity contribution in [1.29, 1.82) is 0 Å². The Labute approximate surface area is 151 Å². The minimum atomic E-state index is -0.275. The summed E-state index contributed by atoms with van der Waals surface area (Å²) < 4.78 is 18.0. The molecule has 26 heavy (non-hydrogen) atoms. The molecule has 0 unspecified atom stereocenters. The second kappa shape index (κ2) is 8.46. The molecule has 1 aromatic carbocycles. The lowest BCUT2D eigenvalue weighted by Crippen LogP contribution is -2.49. The highest BCUT2D eigenvalue weighted by Gasteiger charge is 2.23. The molecule has 2 heterocycles. The predicted octanol–water partition coefficient (Wildman–Crippen LogP) is 2.51. The Hall–Kier alpha value is -2.90. The first-order chi connectivity index (χ1) is 12.7. The molecule has 0 spiro atoms. The van der Waals surface area contributed by atoms with Gasteiger partial charge in [-0.05, 0) is 30.7 Å². The highest BCUT2D eigenvalue weighted by Crippen LogP contribution is 2.15. The van der Waals surface area contributed by atoms with Gasteiger partial charge in [0, 0.05) is 38.9 Å². The van der Waals surface area contributed by atoms with Gasteiger partial charge in [-0.15, -0.1) is 0 Å². The van der Waals surface area contributed by atoms with Crippen LogP contribution in [0, 0.1) is 5.82 Å². The zero-order chi connectivity index (χ0) is 18.4. The van der Waals surface area contributed by atoms with E-state index in [0.717, 1.165) is 5.56 Å². The molecule has 1 aromatic heterocycles. The molecule has 3 rings (SSSR count). The van der Waals surface area contributed by atoms with Gasteiger partial charge in [-0.25, -0.2) is 14.2 Å². The Balaban J connectivity index is 1.56. The fourth-order valence-corrected chi connectivity index (χ4v) is 2.70. The second-order valence-electron chi connectivity index (χ2n) is 5.89. The maximum absolute atomic E-state index is 13.0. The van der Waals surface area contributed by atoms with Crippen molar-refractivity contribution < 1.29 is 13.9 Å². The molecule has 1 aliphatic heterocycles. The molecule has 1 saturated heterocycles. The molecule has 1 N–H and O–H groups in total. The summed E-state index contributed by atoms with van der Waals surface area (Å²) in [5.41, 5.74) is 0.967. The molecule has 138 valence electrons. The van der Waals surface area contributed by atoms with Gasteiger partial charge in [0.15, 0.2) is 0 Å². The first kappa shape index (κ1) is 17.9. The van der Waals surface area contributed by atoms with Crippen LogP contribution in [-0.4, -0.2) is 53.7 Å². The number of carbonyl (C=O) groups is 1.